The minimum atomic E-state index is 0. The molecule has 0 aromatic heterocycles. The van der Waals surface area contributed by atoms with Crippen LogP contribution in [0.5, 0.6) is 5.75 Å². The summed E-state index contributed by atoms with van der Waals surface area (Å²) in [6.45, 7) is 10.1. The number of aryl methyl sites for hydroxylation is 2. The van der Waals surface area contributed by atoms with Crippen LogP contribution in [-0.2, 0) is 45.7 Å². The first-order chi connectivity index (χ1) is 14.2. The minimum Gasteiger partial charge on any atom is -0.487 e. The van der Waals surface area contributed by atoms with Gasteiger partial charge in [0.1, 0.15) is 25.4 Å². The van der Waals surface area contributed by atoms with E-state index in [2.05, 4.69) is 62.4 Å². The number of rotatable bonds is 10. The predicted octanol–water partition coefficient (Wildman–Crippen LogP) is 6.70. The molecule has 0 aliphatic carbocycles. The van der Waals surface area contributed by atoms with Gasteiger partial charge in [-0.15, -0.1) is 0 Å². The minimum absolute atomic E-state index is 0. The van der Waals surface area contributed by atoms with Crippen molar-refractivity contribution in [3.8, 4) is 5.75 Å². The molecule has 1 aliphatic rings. The van der Waals surface area contributed by atoms with Gasteiger partial charge in [-0.1, -0.05) is 62.2 Å². The van der Waals surface area contributed by atoms with Gasteiger partial charge in [0.15, 0.2) is 0 Å². The third-order valence-corrected chi connectivity index (χ3v) is 6.52. The van der Waals surface area contributed by atoms with Crippen molar-refractivity contribution < 1.29 is 41.9 Å². The summed E-state index contributed by atoms with van der Waals surface area (Å²) in [6.07, 6.45) is 10.5. The quantitative estimate of drug-likeness (QED) is 0.270. The Morgan fingerprint density at radius 3 is 2.30 bits per heavy atom. The van der Waals surface area contributed by atoms with Crippen LogP contribution in [0.15, 0.2) is 48.5 Å². The van der Waals surface area contributed by atoms with Crippen LogP contribution in [0.3, 0.4) is 0 Å². The van der Waals surface area contributed by atoms with E-state index in [9.17, 15) is 0 Å². The Kier molecular flexibility index (Phi) is 11.6. The molecule has 1 heterocycles. The SMILES string of the molecule is CCCCCc1ccc(C)c(OCC[N+]2(Cc3ccccc3)CCCCCC2)c1.[Y]. The Labute approximate surface area is 209 Å². The van der Waals surface area contributed by atoms with Crippen LogP contribution >= 0.6 is 0 Å². The Hall–Kier alpha value is -0.696. The fraction of sp³-hybridized carbons (Fsp3) is 0.556. The van der Waals surface area contributed by atoms with Crippen LogP contribution in [0, 0.1) is 6.92 Å². The molecule has 0 amide bonds. The van der Waals surface area contributed by atoms with Crippen molar-refractivity contribution in [1.82, 2.24) is 0 Å². The summed E-state index contributed by atoms with van der Waals surface area (Å²) in [5, 5.41) is 0. The van der Waals surface area contributed by atoms with Gasteiger partial charge in [0.25, 0.3) is 0 Å². The van der Waals surface area contributed by atoms with Crippen molar-refractivity contribution in [1.29, 1.82) is 0 Å². The summed E-state index contributed by atoms with van der Waals surface area (Å²) in [4.78, 5) is 0. The van der Waals surface area contributed by atoms with Crippen LogP contribution in [0.2, 0.25) is 0 Å². The summed E-state index contributed by atoms with van der Waals surface area (Å²) in [6, 6.07) is 17.8. The summed E-state index contributed by atoms with van der Waals surface area (Å²) in [5.41, 5.74) is 4.14. The van der Waals surface area contributed by atoms with Gasteiger partial charge < -0.3 is 9.22 Å². The van der Waals surface area contributed by atoms with E-state index in [1.807, 2.05) is 0 Å². The van der Waals surface area contributed by atoms with Gasteiger partial charge in [-0.05, 0) is 62.6 Å². The molecule has 1 aliphatic heterocycles. The number of benzene rings is 2. The standard InChI is InChI=1S/C27H40NO.Y/c1-3-4-8-13-25-17-16-24(2)27(22-25)29-21-20-28(18-11-5-6-12-19-28)23-26-14-9-7-10-15-26;/h7,9-10,14-17,22H,3-6,8,11-13,18-21,23H2,1-2H3;/q+1;. The number of hydrogen-bond acceptors (Lipinski definition) is 1. The normalized spacial score (nSPS) is 15.8. The molecule has 3 heteroatoms. The first-order valence-electron chi connectivity index (χ1n) is 11.8. The van der Waals surface area contributed by atoms with E-state index in [0.717, 1.165) is 25.4 Å². The molecule has 2 nitrogen and oxygen atoms in total. The number of nitrogens with zero attached hydrogens (tertiary/aromatic N) is 1. The maximum absolute atomic E-state index is 6.37. The van der Waals surface area contributed by atoms with E-state index in [-0.39, 0.29) is 32.7 Å². The maximum Gasteiger partial charge on any atom is 0.137 e. The third kappa shape index (κ3) is 8.10. The molecule has 3 rings (SSSR count). The van der Waals surface area contributed by atoms with E-state index >= 15 is 0 Å². The summed E-state index contributed by atoms with van der Waals surface area (Å²) < 4.78 is 7.55. The monoisotopic (exact) mass is 483 g/mol. The molecular weight excluding hydrogens is 443 g/mol. The zero-order chi connectivity index (χ0) is 20.4. The van der Waals surface area contributed by atoms with Crippen LogP contribution in [-0.4, -0.2) is 30.7 Å². The van der Waals surface area contributed by atoms with Crippen molar-refractivity contribution >= 4 is 0 Å². The zero-order valence-corrected chi connectivity index (χ0v) is 22.1. The molecule has 1 saturated heterocycles. The van der Waals surface area contributed by atoms with E-state index in [0.29, 0.717) is 0 Å². The predicted molar refractivity (Wildman–Crippen MR) is 123 cm³/mol. The molecule has 0 bridgehead atoms. The van der Waals surface area contributed by atoms with Gasteiger partial charge in [0.05, 0.1) is 13.1 Å². The molecule has 0 N–H and O–H groups in total. The summed E-state index contributed by atoms with van der Waals surface area (Å²) in [7, 11) is 0. The smallest absolute Gasteiger partial charge is 0.137 e. The second-order valence-electron chi connectivity index (χ2n) is 8.98. The van der Waals surface area contributed by atoms with Crippen molar-refractivity contribution in [2.75, 3.05) is 26.2 Å². The van der Waals surface area contributed by atoms with Crippen LogP contribution in [0.25, 0.3) is 0 Å². The second-order valence-corrected chi connectivity index (χ2v) is 8.98. The molecule has 2 aromatic rings. The summed E-state index contributed by atoms with van der Waals surface area (Å²) >= 11 is 0. The molecule has 161 valence electrons. The molecule has 30 heavy (non-hydrogen) atoms. The number of ether oxygens (including phenoxy) is 1. The molecule has 2 aromatic carbocycles. The number of hydrogen-bond donors (Lipinski definition) is 0. The van der Waals surface area contributed by atoms with Crippen LogP contribution in [0.4, 0.5) is 0 Å². The Bertz CT molecular complexity index is 723. The van der Waals surface area contributed by atoms with Crippen LogP contribution < -0.4 is 4.74 Å². The van der Waals surface area contributed by atoms with Gasteiger partial charge in [0, 0.05) is 38.3 Å². The van der Waals surface area contributed by atoms with Gasteiger partial charge in [-0.3, -0.25) is 0 Å². The number of unbranched alkanes of at least 4 members (excludes halogenated alkanes) is 2. The molecule has 0 saturated carbocycles. The average molecular weight is 484 g/mol. The largest absolute Gasteiger partial charge is 0.487 e. The Morgan fingerprint density at radius 1 is 0.867 bits per heavy atom. The van der Waals surface area contributed by atoms with Gasteiger partial charge in [-0.25, -0.2) is 0 Å². The van der Waals surface area contributed by atoms with E-state index < -0.39 is 0 Å². The average Bonchev–Trinajstić information content (AvgIpc) is 2.97. The molecule has 1 fully saturated rings. The topological polar surface area (TPSA) is 9.23 Å². The molecule has 1 radical (unpaired) electrons. The first-order valence-corrected chi connectivity index (χ1v) is 11.8. The molecule has 0 atom stereocenters. The van der Waals surface area contributed by atoms with Crippen molar-refractivity contribution in [2.45, 2.75) is 71.8 Å². The van der Waals surface area contributed by atoms with E-state index in [1.54, 1.807) is 0 Å². The second kappa shape index (κ2) is 13.7. The van der Waals surface area contributed by atoms with E-state index in [1.165, 1.54) is 85.6 Å². The zero-order valence-electron chi connectivity index (χ0n) is 19.2. The Morgan fingerprint density at radius 2 is 1.60 bits per heavy atom. The van der Waals surface area contributed by atoms with E-state index in [4.69, 9.17) is 4.74 Å². The molecule has 0 unspecified atom stereocenters. The van der Waals surface area contributed by atoms with Crippen molar-refractivity contribution in [3.05, 3.63) is 65.2 Å². The van der Waals surface area contributed by atoms with Gasteiger partial charge in [-0.2, -0.15) is 0 Å². The molecule has 0 spiro atoms. The van der Waals surface area contributed by atoms with Gasteiger partial charge in [0.2, 0.25) is 0 Å². The van der Waals surface area contributed by atoms with Crippen molar-refractivity contribution in [2.24, 2.45) is 0 Å². The van der Waals surface area contributed by atoms with Crippen molar-refractivity contribution in [3.63, 3.8) is 0 Å². The fourth-order valence-electron chi connectivity index (χ4n) is 4.68. The number of quaternary nitrogens is 1. The first kappa shape index (κ1) is 25.6. The third-order valence-electron chi connectivity index (χ3n) is 6.52. The fourth-order valence-corrected chi connectivity index (χ4v) is 4.68. The Balaban J connectivity index is 0.00000320. The molecular formula is C27H40NOY+. The maximum atomic E-state index is 6.37. The van der Waals surface area contributed by atoms with Crippen LogP contribution in [0.1, 0.15) is 68.6 Å². The number of likely N-dealkylation sites (tertiary alicyclic amines) is 1. The summed E-state index contributed by atoms with van der Waals surface area (Å²) in [5.74, 6) is 1.09. The van der Waals surface area contributed by atoms with Gasteiger partial charge >= 0.3 is 0 Å².